The van der Waals surface area contributed by atoms with Gasteiger partial charge in [0.2, 0.25) is 10.0 Å². The molecule has 1 N–H and O–H groups in total. The van der Waals surface area contributed by atoms with Crippen LogP contribution < -0.4 is 5.32 Å². The standard InChI is InChI=1S/C9H20N2O2S/c1-4-7-14(12,13)11-6-5-10-9(2,3)8-11/h10H,4-8H2,1-3H3. The van der Waals surface area contributed by atoms with Crippen LogP contribution in [-0.4, -0.2) is 43.6 Å². The Hall–Kier alpha value is -0.130. The van der Waals surface area contributed by atoms with E-state index >= 15 is 0 Å². The van der Waals surface area contributed by atoms with Crippen LogP contribution in [-0.2, 0) is 10.0 Å². The van der Waals surface area contributed by atoms with Crippen molar-refractivity contribution in [3.05, 3.63) is 0 Å². The molecule has 0 spiro atoms. The molecule has 0 aromatic heterocycles. The second-order valence-electron chi connectivity index (χ2n) is 4.46. The third-order valence-electron chi connectivity index (χ3n) is 2.39. The predicted molar refractivity (Wildman–Crippen MR) is 57.7 cm³/mol. The first kappa shape index (κ1) is 11.9. The summed E-state index contributed by atoms with van der Waals surface area (Å²) in [5.74, 6) is 0.267. The van der Waals surface area contributed by atoms with E-state index in [9.17, 15) is 8.42 Å². The van der Waals surface area contributed by atoms with E-state index in [2.05, 4.69) is 5.32 Å². The van der Waals surface area contributed by atoms with Gasteiger partial charge in [0.25, 0.3) is 0 Å². The number of piperazine rings is 1. The van der Waals surface area contributed by atoms with Gasteiger partial charge in [-0.2, -0.15) is 4.31 Å². The van der Waals surface area contributed by atoms with Crippen LogP contribution in [0.2, 0.25) is 0 Å². The Morgan fingerprint density at radius 2 is 2.07 bits per heavy atom. The Bertz CT molecular complexity index is 285. The fourth-order valence-electron chi connectivity index (χ4n) is 1.72. The monoisotopic (exact) mass is 220 g/mol. The highest BCUT2D eigenvalue weighted by Gasteiger charge is 2.31. The van der Waals surface area contributed by atoms with Crippen LogP contribution in [0.3, 0.4) is 0 Å². The molecule has 0 aliphatic carbocycles. The molecule has 1 heterocycles. The molecule has 1 aliphatic heterocycles. The summed E-state index contributed by atoms with van der Waals surface area (Å²) in [6.45, 7) is 7.88. The zero-order valence-electron chi connectivity index (χ0n) is 9.21. The fraction of sp³-hybridized carbons (Fsp3) is 1.00. The molecule has 0 bridgehead atoms. The second kappa shape index (κ2) is 4.16. The van der Waals surface area contributed by atoms with Gasteiger partial charge in [-0.25, -0.2) is 8.42 Å². The maximum absolute atomic E-state index is 11.8. The number of hydrogen-bond acceptors (Lipinski definition) is 3. The highest BCUT2D eigenvalue weighted by Crippen LogP contribution is 2.14. The average Bonchev–Trinajstić information content (AvgIpc) is 2.02. The van der Waals surface area contributed by atoms with Gasteiger partial charge in [0.05, 0.1) is 5.75 Å². The highest BCUT2D eigenvalue weighted by molar-refractivity contribution is 7.89. The molecule has 4 nitrogen and oxygen atoms in total. The largest absolute Gasteiger partial charge is 0.309 e. The fourth-order valence-corrected chi connectivity index (χ4v) is 3.38. The van der Waals surface area contributed by atoms with Crippen LogP contribution in [0.15, 0.2) is 0 Å². The lowest BCUT2D eigenvalue weighted by atomic mass is 10.0. The predicted octanol–water partition coefficient (Wildman–Crippen LogP) is 0.410. The van der Waals surface area contributed by atoms with Crippen molar-refractivity contribution in [3.63, 3.8) is 0 Å². The first-order valence-electron chi connectivity index (χ1n) is 5.10. The SMILES string of the molecule is CCCS(=O)(=O)N1CCNC(C)(C)C1. The van der Waals surface area contributed by atoms with Crippen LogP contribution in [0, 0.1) is 0 Å². The average molecular weight is 220 g/mol. The summed E-state index contributed by atoms with van der Waals surface area (Å²) < 4.78 is 25.1. The van der Waals surface area contributed by atoms with Crippen LogP contribution in [0.4, 0.5) is 0 Å². The molecular weight excluding hydrogens is 200 g/mol. The van der Waals surface area contributed by atoms with Crippen LogP contribution in [0.1, 0.15) is 27.2 Å². The molecule has 0 aromatic carbocycles. The van der Waals surface area contributed by atoms with Crippen molar-refractivity contribution in [2.75, 3.05) is 25.4 Å². The van der Waals surface area contributed by atoms with Crippen LogP contribution >= 0.6 is 0 Å². The van der Waals surface area contributed by atoms with E-state index in [1.807, 2.05) is 20.8 Å². The van der Waals surface area contributed by atoms with Gasteiger partial charge in [-0.1, -0.05) is 6.92 Å². The van der Waals surface area contributed by atoms with Crippen molar-refractivity contribution in [1.82, 2.24) is 9.62 Å². The lowest BCUT2D eigenvalue weighted by Crippen LogP contribution is -2.58. The van der Waals surface area contributed by atoms with Crippen LogP contribution in [0.25, 0.3) is 0 Å². The van der Waals surface area contributed by atoms with E-state index in [-0.39, 0.29) is 11.3 Å². The molecule has 0 unspecified atom stereocenters. The molecule has 1 saturated heterocycles. The summed E-state index contributed by atoms with van der Waals surface area (Å²) >= 11 is 0. The Balaban J connectivity index is 2.69. The first-order chi connectivity index (χ1) is 6.37. The molecule has 1 fully saturated rings. The summed E-state index contributed by atoms with van der Waals surface area (Å²) in [4.78, 5) is 0. The Morgan fingerprint density at radius 3 is 2.57 bits per heavy atom. The Kier molecular flexibility index (Phi) is 3.55. The van der Waals surface area contributed by atoms with E-state index in [4.69, 9.17) is 0 Å². The zero-order valence-corrected chi connectivity index (χ0v) is 10.0. The van der Waals surface area contributed by atoms with Gasteiger partial charge >= 0.3 is 0 Å². The van der Waals surface area contributed by atoms with Gasteiger partial charge in [-0.15, -0.1) is 0 Å². The van der Waals surface area contributed by atoms with Crippen LogP contribution in [0.5, 0.6) is 0 Å². The third kappa shape index (κ3) is 2.93. The molecule has 0 atom stereocenters. The molecule has 0 saturated carbocycles. The maximum atomic E-state index is 11.8. The molecule has 84 valence electrons. The summed E-state index contributed by atoms with van der Waals surface area (Å²) in [5, 5.41) is 3.30. The van der Waals surface area contributed by atoms with E-state index in [0.29, 0.717) is 19.5 Å². The molecule has 14 heavy (non-hydrogen) atoms. The van der Waals surface area contributed by atoms with Gasteiger partial charge in [-0.05, 0) is 20.3 Å². The lowest BCUT2D eigenvalue weighted by Gasteiger charge is -2.38. The molecule has 1 aliphatic rings. The summed E-state index contributed by atoms with van der Waals surface area (Å²) in [6.07, 6.45) is 0.687. The van der Waals surface area contributed by atoms with Crippen molar-refractivity contribution in [1.29, 1.82) is 0 Å². The smallest absolute Gasteiger partial charge is 0.214 e. The van der Waals surface area contributed by atoms with Gasteiger partial charge in [0, 0.05) is 25.2 Å². The Morgan fingerprint density at radius 1 is 1.43 bits per heavy atom. The van der Waals surface area contributed by atoms with E-state index in [0.717, 1.165) is 6.54 Å². The highest BCUT2D eigenvalue weighted by atomic mass is 32.2. The topological polar surface area (TPSA) is 49.4 Å². The van der Waals surface area contributed by atoms with Gasteiger partial charge < -0.3 is 5.32 Å². The van der Waals surface area contributed by atoms with Gasteiger partial charge in [0.1, 0.15) is 0 Å². The molecule has 0 radical (unpaired) electrons. The maximum Gasteiger partial charge on any atom is 0.214 e. The minimum absolute atomic E-state index is 0.0982. The minimum Gasteiger partial charge on any atom is -0.309 e. The van der Waals surface area contributed by atoms with E-state index in [1.54, 1.807) is 4.31 Å². The quantitative estimate of drug-likeness (QED) is 0.749. The second-order valence-corrected chi connectivity index (χ2v) is 6.55. The van der Waals surface area contributed by atoms with Crippen molar-refractivity contribution in [3.8, 4) is 0 Å². The number of hydrogen-bond donors (Lipinski definition) is 1. The lowest BCUT2D eigenvalue weighted by molar-refractivity contribution is 0.233. The number of rotatable bonds is 3. The van der Waals surface area contributed by atoms with E-state index < -0.39 is 10.0 Å². The normalized spacial score (nSPS) is 23.6. The summed E-state index contributed by atoms with van der Waals surface area (Å²) in [5.41, 5.74) is -0.0982. The summed E-state index contributed by atoms with van der Waals surface area (Å²) in [7, 11) is -3.01. The number of nitrogens with zero attached hydrogens (tertiary/aromatic N) is 1. The molecular formula is C9H20N2O2S. The van der Waals surface area contributed by atoms with Crippen molar-refractivity contribution in [2.45, 2.75) is 32.7 Å². The van der Waals surface area contributed by atoms with E-state index in [1.165, 1.54) is 0 Å². The van der Waals surface area contributed by atoms with Gasteiger partial charge in [-0.3, -0.25) is 0 Å². The van der Waals surface area contributed by atoms with Crippen molar-refractivity contribution < 1.29 is 8.42 Å². The molecule has 0 aromatic rings. The number of sulfonamides is 1. The van der Waals surface area contributed by atoms with Gasteiger partial charge in [0.15, 0.2) is 0 Å². The summed E-state index contributed by atoms with van der Waals surface area (Å²) in [6, 6.07) is 0. The number of nitrogens with one attached hydrogen (secondary N) is 1. The Labute approximate surface area is 86.7 Å². The third-order valence-corrected chi connectivity index (χ3v) is 4.41. The zero-order chi connectivity index (χ0) is 10.8. The molecule has 1 rings (SSSR count). The van der Waals surface area contributed by atoms with Crippen molar-refractivity contribution in [2.24, 2.45) is 0 Å². The first-order valence-corrected chi connectivity index (χ1v) is 6.71. The minimum atomic E-state index is -3.01. The van der Waals surface area contributed by atoms with Crippen molar-refractivity contribution >= 4 is 10.0 Å². The molecule has 5 heteroatoms. The molecule has 0 amide bonds.